The molecule has 0 aliphatic carbocycles. The first-order chi connectivity index (χ1) is 32.0. The van der Waals surface area contributed by atoms with Crippen LogP contribution in [0.2, 0.25) is 0 Å². The molecular formula is C59H111NO5. The summed E-state index contributed by atoms with van der Waals surface area (Å²) >= 11 is 0. The SMILES string of the molecule is CCCCC/C=C\C/C=C\CCCCCCCCCCCC(=O)OCCCCCCCCCCC/C=C\CCCCCCCC(=O)NC(CO)C(O)CCCCCCCCCCCCC. The first-order valence-corrected chi connectivity index (χ1v) is 28.7. The number of allylic oxidation sites excluding steroid dienone is 6. The van der Waals surface area contributed by atoms with Crippen LogP contribution in [0.15, 0.2) is 36.5 Å². The molecule has 0 saturated carbocycles. The van der Waals surface area contributed by atoms with Gasteiger partial charge in [-0.3, -0.25) is 9.59 Å². The third-order valence-electron chi connectivity index (χ3n) is 13.2. The van der Waals surface area contributed by atoms with Crippen molar-refractivity contribution in [3.05, 3.63) is 36.5 Å². The molecule has 0 fully saturated rings. The lowest BCUT2D eigenvalue weighted by Gasteiger charge is -2.22. The molecule has 0 aromatic heterocycles. The van der Waals surface area contributed by atoms with Crippen molar-refractivity contribution in [2.45, 2.75) is 315 Å². The molecule has 0 radical (unpaired) electrons. The summed E-state index contributed by atoms with van der Waals surface area (Å²) in [5, 5.41) is 23.2. The Morgan fingerprint density at radius 3 is 1.22 bits per heavy atom. The van der Waals surface area contributed by atoms with Gasteiger partial charge in [-0.05, 0) is 83.5 Å². The molecule has 382 valence electrons. The fourth-order valence-corrected chi connectivity index (χ4v) is 8.72. The second-order valence-electron chi connectivity index (χ2n) is 19.6. The quantitative estimate of drug-likeness (QED) is 0.0321. The summed E-state index contributed by atoms with van der Waals surface area (Å²) in [6, 6.07) is -0.551. The van der Waals surface area contributed by atoms with Gasteiger partial charge in [0.15, 0.2) is 0 Å². The molecular weight excluding hydrogens is 803 g/mol. The maximum absolute atomic E-state index is 12.4. The molecule has 2 unspecified atom stereocenters. The zero-order chi connectivity index (χ0) is 47.2. The number of amides is 1. The highest BCUT2D eigenvalue weighted by molar-refractivity contribution is 5.76. The average Bonchev–Trinajstić information content (AvgIpc) is 3.31. The normalized spacial score (nSPS) is 12.9. The van der Waals surface area contributed by atoms with Gasteiger partial charge in [0, 0.05) is 12.8 Å². The van der Waals surface area contributed by atoms with Crippen molar-refractivity contribution in [3.63, 3.8) is 0 Å². The van der Waals surface area contributed by atoms with Gasteiger partial charge in [0.1, 0.15) is 0 Å². The molecule has 2 atom stereocenters. The molecule has 1 amide bonds. The smallest absolute Gasteiger partial charge is 0.305 e. The zero-order valence-corrected chi connectivity index (χ0v) is 43.5. The van der Waals surface area contributed by atoms with Crippen LogP contribution in [0, 0.1) is 0 Å². The van der Waals surface area contributed by atoms with Gasteiger partial charge >= 0.3 is 5.97 Å². The lowest BCUT2D eigenvalue weighted by Crippen LogP contribution is -2.45. The van der Waals surface area contributed by atoms with Crippen LogP contribution in [-0.2, 0) is 14.3 Å². The Balaban J connectivity index is 3.42. The summed E-state index contributed by atoms with van der Waals surface area (Å²) in [4.78, 5) is 24.5. The standard InChI is InChI=1S/C59H111NO5/c1-3-5-7-9-11-13-15-16-17-18-19-23-26-29-33-37-41-45-49-53-59(64)65-54-50-46-42-38-34-30-27-24-21-20-22-25-28-32-36-40-44-48-52-58(63)60-56(55-61)57(62)51-47-43-39-35-31-14-12-10-8-6-4-2/h11,13,16-17,22,25,56-57,61-62H,3-10,12,14-15,18-21,23-24,26-55H2,1-2H3,(H,60,63)/b13-11-,17-16-,25-22-. The second-order valence-corrected chi connectivity index (χ2v) is 19.6. The highest BCUT2D eigenvalue weighted by Crippen LogP contribution is 2.16. The summed E-state index contributed by atoms with van der Waals surface area (Å²) in [6.45, 7) is 4.90. The number of nitrogens with one attached hydrogen (secondary N) is 1. The topological polar surface area (TPSA) is 95.9 Å². The first kappa shape index (κ1) is 63.1. The summed E-state index contributed by atoms with van der Waals surface area (Å²) in [5.74, 6) is -0.0517. The Hall–Kier alpha value is -1.92. The van der Waals surface area contributed by atoms with E-state index < -0.39 is 12.1 Å². The van der Waals surface area contributed by atoms with Gasteiger partial charge in [0.05, 0.1) is 25.4 Å². The minimum Gasteiger partial charge on any atom is -0.466 e. The number of rotatable bonds is 53. The lowest BCUT2D eigenvalue weighted by molar-refractivity contribution is -0.143. The molecule has 3 N–H and O–H groups in total. The summed E-state index contributed by atoms with van der Waals surface area (Å²) in [5.41, 5.74) is 0. The first-order valence-electron chi connectivity index (χ1n) is 28.7. The van der Waals surface area contributed by atoms with E-state index in [1.165, 1.54) is 205 Å². The van der Waals surface area contributed by atoms with Gasteiger partial charge in [-0.2, -0.15) is 0 Å². The number of hydrogen-bond donors (Lipinski definition) is 3. The Kier molecular flexibility index (Phi) is 53.1. The molecule has 65 heavy (non-hydrogen) atoms. The van der Waals surface area contributed by atoms with Crippen molar-refractivity contribution in [2.75, 3.05) is 13.2 Å². The van der Waals surface area contributed by atoms with Gasteiger partial charge in [-0.25, -0.2) is 0 Å². The van der Waals surface area contributed by atoms with Gasteiger partial charge in [0.2, 0.25) is 5.91 Å². The van der Waals surface area contributed by atoms with Gasteiger partial charge in [-0.15, -0.1) is 0 Å². The Labute approximate surface area is 404 Å². The van der Waals surface area contributed by atoms with E-state index in [0.717, 1.165) is 64.2 Å². The summed E-state index contributed by atoms with van der Waals surface area (Å²) < 4.78 is 5.48. The van der Waals surface area contributed by atoms with Crippen molar-refractivity contribution >= 4 is 11.9 Å². The molecule has 6 nitrogen and oxygen atoms in total. The number of aliphatic hydroxyl groups excluding tert-OH is 2. The van der Waals surface area contributed by atoms with Crippen LogP contribution < -0.4 is 5.32 Å². The van der Waals surface area contributed by atoms with Crippen LogP contribution in [0.25, 0.3) is 0 Å². The number of aliphatic hydroxyl groups is 2. The van der Waals surface area contributed by atoms with Crippen LogP contribution in [0.3, 0.4) is 0 Å². The van der Waals surface area contributed by atoms with E-state index in [9.17, 15) is 19.8 Å². The minimum atomic E-state index is -0.672. The zero-order valence-electron chi connectivity index (χ0n) is 43.5. The molecule has 0 aromatic carbocycles. The predicted molar refractivity (Wildman–Crippen MR) is 283 cm³/mol. The van der Waals surface area contributed by atoms with Crippen molar-refractivity contribution in [2.24, 2.45) is 0 Å². The molecule has 0 saturated heterocycles. The molecule has 0 heterocycles. The van der Waals surface area contributed by atoms with Gasteiger partial charge in [-0.1, -0.05) is 243 Å². The minimum absolute atomic E-state index is 0.00108. The van der Waals surface area contributed by atoms with Crippen molar-refractivity contribution in [1.82, 2.24) is 5.32 Å². The lowest BCUT2D eigenvalue weighted by atomic mass is 10.0. The second kappa shape index (κ2) is 54.7. The Morgan fingerprint density at radius 1 is 0.431 bits per heavy atom. The highest BCUT2D eigenvalue weighted by Gasteiger charge is 2.20. The number of hydrogen-bond acceptors (Lipinski definition) is 5. The third-order valence-corrected chi connectivity index (χ3v) is 13.2. The van der Waals surface area contributed by atoms with E-state index in [2.05, 4.69) is 55.6 Å². The van der Waals surface area contributed by atoms with E-state index in [1.807, 2.05) is 0 Å². The average molecular weight is 915 g/mol. The Bertz CT molecular complexity index is 1060. The van der Waals surface area contributed by atoms with E-state index >= 15 is 0 Å². The molecule has 0 aliphatic rings. The molecule has 0 spiro atoms. The number of carbonyl (C=O) groups is 2. The van der Waals surface area contributed by atoms with Crippen LogP contribution in [0.1, 0.15) is 303 Å². The monoisotopic (exact) mass is 914 g/mol. The van der Waals surface area contributed by atoms with Crippen LogP contribution >= 0.6 is 0 Å². The predicted octanol–water partition coefficient (Wildman–Crippen LogP) is 17.6. The summed E-state index contributed by atoms with van der Waals surface area (Å²) in [7, 11) is 0. The largest absolute Gasteiger partial charge is 0.466 e. The van der Waals surface area contributed by atoms with Gasteiger partial charge < -0.3 is 20.3 Å². The maximum Gasteiger partial charge on any atom is 0.305 e. The van der Waals surface area contributed by atoms with Crippen molar-refractivity contribution < 1.29 is 24.5 Å². The van der Waals surface area contributed by atoms with Crippen LogP contribution in [-0.4, -0.2) is 47.4 Å². The molecule has 0 rings (SSSR count). The number of esters is 1. The maximum atomic E-state index is 12.4. The molecule has 0 bridgehead atoms. The van der Waals surface area contributed by atoms with E-state index in [1.54, 1.807) is 0 Å². The van der Waals surface area contributed by atoms with E-state index in [0.29, 0.717) is 25.9 Å². The number of ether oxygens (including phenoxy) is 1. The molecule has 0 aromatic rings. The summed E-state index contributed by atoms with van der Waals surface area (Å²) in [6.07, 6.45) is 67.1. The molecule has 0 aliphatic heterocycles. The van der Waals surface area contributed by atoms with Crippen LogP contribution in [0.5, 0.6) is 0 Å². The van der Waals surface area contributed by atoms with Gasteiger partial charge in [0.25, 0.3) is 0 Å². The number of unbranched alkanes of at least 4 members (excludes halogenated alkanes) is 36. The van der Waals surface area contributed by atoms with Crippen molar-refractivity contribution in [3.8, 4) is 0 Å². The van der Waals surface area contributed by atoms with E-state index in [-0.39, 0.29) is 18.5 Å². The number of carbonyl (C=O) groups excluding carboxylic acids is 2. The molecule has 6 heteroatoms. The van der Waals surface area contributed by atoms with E-state index in [4.69, 9.17) is 4.74 Å². The van der Waals surface area contributed by atoms with Crippen LogP contribution in [0.4, 0.5) is 0 Å². The van der Waals surface area contributed by atoms with Crippen molar-refractivity contribution in [1.29, 1.82) is 0 Å². The Morgan fingerprint density at radius 2 is 0.769 bits per heavy atom. The fraction of sp³-hybridized carbons (Fsp3) is 0.864. The highest BCUT2D eigenvalue weighted by atomic mass is 16.5. The fourth-order valence-electron chi connectivity index (χ4n) is 8.72. The third kappa shape index (κ3) is 51.3.